The number of pyridine rings is 2. The zero-order valence-corrected chi connectivity index (χ0v) is 12.3. The smallest absolute Gasteiger partial charge is 0.152 e. The van der Waals surface area contributed by atoms with E-state index in [4.69, 9.17) is 0 Å². The van der Waals surface area contributed by atoms with Gasteiger partial charge >= 0.3 is 0 Å². The van der Waals surface area contributed by atoms with Gasteiger partial charge in [0.15, 0.2) is 17.5 Å². The van der Waals surface area contributed by atoms with E-state index < -0.39 is 17.5 Å². The normalized spacial score (nSPS) is 12.5. The average Bonchev–Trinajstić information content (AvgIpc) is 3.02. The fraction of sp³-hybridized carbons (Fsp3) is 0.0588. The molecular weight excluding hydrogens is 317 g/mol. The molecule has 0 bridgehead atoms. The van der Waals surface area contributed by atoms with Gasteiger partial charge in [0.1, 0.15) is 5.82 Å². The number of anilines is 2. The van der Waals surface area contributed by atoms with Crippen LogP contribution in [0.3, 0.4) is 0 Å². The van der Waals surface area contributed by atoms with Crippen LogP contribution in [0.2, 0.25) is 0 Å². The highest BCUT2D eigenvalue weighted by Crippen LogP contribution is 2.39. The Balaban J connectivity index is 2.05. The largest absolute Gasteiger partial charge is 0.365 e. The van der Waals surface area contributed by atoms with Crippen molar-refractivity contribution in [3.63, 3.8) is 0 Å². The van der Waals surface area contributed by atoms with Crippen LogP contribution >= 0.6 is 0 Å². The minimum atomic E-state index is -0.833. The highest BCUT2D eigenvalue weighted by atomic mass is 19.1. The SMILES string of the molecule is Fc1ccccc1-c1nc2c(cc1-c1c(F)cncc1F)NCN2. The second-order valence-electron chi connectivity index (χ2n) is 5.27. The van der Waals surface area contributed by atoms with Gasteiger partial charge in [-0.1, -0.05) is 12.1 Å². The maximum absolute atomic E-state index is 14.2. The molecular formula is C17H11F3N4. The van der Waals surface area contributed by atoms with E-state index in [0.29, 0.717) is 18.2 Å². The third-order valence-electron chi connectivity index (χ3n) is 3.81. The zero-order chi connectivity index (χ0) is 16.7. The van der Waals surface area contributed by atoms with Crippen LogP contribution in [-0.4, -0.2) is 16.6 Å². The predicted molar refractivity (Wildman–Crippen MR) is 84.9 cm³/mol. The molecule has 1 aliphatic rings. The van der Waals surface area contributed by atoms with Gasteiger partial charge in [0, 0.05) is 11.1 Å². The molecule has 3 aromatic rings. The molecule has 7 heteroatoms. The Bertz CT molecular complexity index is 923. The van der Waals surface area contributed by atoms with E-state index in [0.717, 1.165) is 12.4 Å². The molecule has 0 saturated heterocycles. The van der Waals surface area contributed by atoms with Gasteiger partial charge in [-0.05, 0) is 18.2 Å². The molecule has 0 aliphatic carbocycles. The molecule has 0 spiro atoms. The number of halogens is 3. The molecule has 24 heavy (non-hydrogen) atoms. The molecule has 0 amide bonds. The summed E-state index contributed by atoms with van der Waals surface area (Å²) < 4.78 is 42.7. The minimum absolute atomic E-state index is 0.159. The van der Waals surface area contributed by atoms with Crippen molar-refractivity contribution in [3.05, 3.63) is 60.2 Å². The Morgan fingerprint density at radius 2 is 1.62 bits per heavy atom. The summed E-state index contributed by atoms with van der Waals surface area (Å²) in [6.07, 6.45) is 1.84. The number of benzene rings is 1. The molecule has 120 valence electrons. The van der Waals surface area contributed by atoms with E-state index in [1.165, 1.54) is 12.1 Å². The summed E-state index contributed by atoms with van der Waals surface area (Å²) in [4.78, 5) is 7.87. The summed E-state index contributed by atoms with van der Waals surface area (Å²) in [6, 6.07) is 7.54. The number of hydrogen-bond acceptors (Lipinski definition) is 4. The Labute approximate surface area is 135 Å². The van der Waals surface area contributed by atoms with Crippen LogP contribution in [-0.2, 0) is 0 Å². The average molecular weight is 328 g/mol. The van der Waals surface area contributed by atoms with Crippen molar-refractivity contribution in [3.8, 4) is 22.4 Å². The monoisotopic (exact) mass is 328 g/mol. The van der Waals surface area contributed by atoms with Crippen LogP contribution in [0.15, 0.2) is 42.7 Å². The molecule has 2 aromatic heterocycles. The maximum Gasteiger partial charge on any atom is 0.152 e. The van der Waals surface area contributed by atoms with E-state index in [-0.39, 0.29) is 22.4 Å². The second-order valence-corrected chi connectivity index (χ2v) is 5.27. The Morgan fingerprint density at radius 1 is 0.875 bits per heavy atom. The predicted octanol–water partition coefficient (Wildman–Crippen LogP) is 4.02. The molecule has 1 aromatic carbocycles. The Morgan fingerprint density at radius 3 is 2.38 bits per heavy atom. The molecule has 2 N–H and O–H groups in total. The molecule has 1 aliphatic heterocycles. The number of fused-ring (bicyclic) bond motifs is 1. The van der Waals surface area contributed by atoms with Gasteiger partial charge in [0.25, 0.3) is 0 Å². The third-order valence-corrected chi connectivity index (χ3v) is 3.81. The van der Waals surface area contributed by atoms with Gasteiger partial charge < -0.3 is 10.6 Å². The van der Waals surface area contributed by atoms with Crippen molar-refractivity contribution in [2.45, 2.75) is 0 Å². The van der Waals surface area contributed by atoms with Crippen LogP contribution in [0.1, 0.15) is 0 Å². The zero-order valence-electron chi connectivity index (χ0n) is 12.3. The van der Waals surface area contributed by atoms with Crippen molar-refractivity contribution in [2.24, 2.45) is 0 Å². The van der Waals surface area contributed by atoms with E-state index in [1.54, 1.807) is 18.2 Å². The van der Waals surface area contributed by atoms with Crippen molar-refractivity contribution in [1.82, 2.24) is 9.97 Å². The third kappa shape index (κ3) is 2.25. The van der Waals surface area contributed by atoms with E-state index in [9.17, 15) is 13.2 Å². The van der Waals surface area contributed by atoms with Crippen molar-refractivity contribution in [1.29, 1.82) is 0 Å². The first-order valence-corrected chi connectivity index (χ1v) is 7.22. The summed E-state index contributed by atoms with van der Waals surface area (Å²) in [5.74, 6) is -1.68. The van der Waals surface area contributed by atoms with Crippen LogP contribution in [0.25, 0.3) is 22.4 Å². The fourth-order valence-corrected chi connectivity index (χ4v) is 2.72. The van der Waals surface area contributed by atoms with Gasteiger partial charge in [0.05, 0.1) is 36.0 Å². The summed E-state index contributed by atoms with van der Waals surface area (Å²) >= 11 is 0. The number of nitrogens with zero attached hydrogens (tertiary/aromatic N) is 2. The summed E-state index contributed by atoms with van der Waals surface area (Å²) in [7, 11) is 0. The van der Waals surface area contributed by atoms with E-state index >= 15 is 0 Å². The minimum Gasteiger partial charge on any atom is -0.365 e. The first-order valence-electron chi connectivity index (χ1n) is 7.22. The van der Waals surface area contributed by atoms with Crippen molar-refractivity contribution >= 4 is 11.5 Å². The second kappa shape index (κ2) is 5.52. The highest BCUT2D eigenvalue weighted by Gasteiger charge is 2.23. The van der Waals surface area contributed by atoms with Crippen LogP contribution in [0.5, 0.6) is 0 Å². The molecule has 4 rings (SSSR count). The Kier molecular flexibility index (Phi) is 3.34. The molecule has 0 saturated carbocycles. The first kappa shape index (κ1) is 14.5. The van der Waals surface area contributed by atoms with E-state index in [1.807, 2.05) is 0 Å². The van der Waals surface area contributed by atoms with Gasteiger partial charge in [-0.3, -0.25) is 4.98 Å². The lowest BCUT2D eigenvalue weighted by atomic mass is 9.98. The molecule has 0 fully saturated rings. The standard InChI is InChI=1S/C17H11F3N4/c18-11-4-2-1-3-9(11)16-10(5-14-17(24-16)23-8-22-14)15-12(19)6-21-7-13(15)20/h1-7,22H,8H2,(H,23,24). The van der Waals surface area contributed by atoms with Crippen LogP contribution < -0.4 is 10.6 Å². The fourth-order valence-electron chi connectivity index (χ4n) is 2.72. The van der Waals surface area contributed by atoms with E-state index in [2.05, 4.69) is 20.6 Å². The van der Waals surface area contributed by atoms with Crippen LogP contribution in [0.4, 0.5) is 24.7 Å². The number of hydrogen-bond donors (Lipinski definition) is 2. The lowest BCUT2D eigenvalue weighted by Crippen LogP contribution is -2.00. The first-order chi connectivity index (χ1) is 11.6. The molecule has 4 nitrogen and oxygen atoms in total. The molecule has 3 heterocycles. The lowest BCUT2D eigenvalue weighted by molar-refractivity contribution is 0.579. The Hall–Kier alpha value is -3.09. The van der Waals surface area contributed by atoms with Crippen molar-refractivity contribution in [2.75, 3.05) is 17.3 Å². The summed E-state index contributed by atoms with van der Waals surface area (Å²) in [6.45, 7) is 0.434. The van der Waals surface area contributed by atoms with Gasteiger partial charge in [-0.15, -0.1) is 0 Å². The number of rotatable bonds is 2. The van der Waals surface area contributed by atoms with Gasteiger partial charge in [-0.25, -0.2) is 18.2 Å². The summed E-state index contributed by atoms with van der Waals surface area (Å²) in [5, 5.41) is 6.01. The quantitative estimate of drug-likeness (QED) is 0.746. The molecule has 0 unspecified atom stereocenters. The number of nitrogens with one attached hydrogen (secondary N) is 2. The summed E-state index contributed by atoms with van der Waals surface area (Å²) in [5.41, 5.74) is 0.798. The maximum atomic E-state index is 14.2. The number of aromatic nitrogens is 2. The van der Waals surface area contributed by atoms with Gasteiger partial charge in [0.2, 0.25) is 0 Å². The highest BCUT2D eigenvalue weighted by molar-refractivity contribution is 5.88. The van der Waals surface area contributed by atoms with Gasteiger partial charge in [-0.2, -0.15) is 0 Å². The lowest BCUT2D eigenvalue weighted by Gasteiger charge is -2.13. The topological polar surface area (TPSA) is 49.8 Å². The molecule has 0 atom stereocenters. The molecule has 0 radical (unpaired) electrons. The van der Waals surface area contributed by atoms with Crippen molar-refractivity contribution < 1.29 is 13.2 Å². The van der Waals surface area contributed by atoms with Crippen LogP contribution in [0, 0.1) is 17.5 Å².